The number of rotatable bonds is 5. The van der Waals surface area contributed by atoms with Gasteiger partial charge in [-0.1, -0.05) is 18.6 Å². The van der Waals surface area contributed by atoms with Crippen LogP contribution in [0.3, 0.4) is 0 Å². The number of benzene rings is 1. The van der Waals surface area contributed by atoms with Crippen LogP contribution in [0, 0.1) is 11.7 Å². The lowest BCUT2D eigenvalue weighted by molar-refractivity contribution is -0.148. The fourth-order valence-corrected chi connectivity index (χ4v) is 5.52. The summed E-state index contributed by atoms with van der Waals surface area (Å²) in [6.07, 6.45) is 5.31. The summed E-state index contributed by atoms with van der Waals surface area (Å²) in [6, 6.07) is 6.22. The molecule has 0 aromatic heterocycles. The Morgan fingerprint density at radius 3 is 2.47 bits per heavy atom. The Bertz CT molecular complexity index is 863. The maximum absolute atomic E-state index is 13.5. The van der Waals surface area contributed by atoms with Crippen molar-refractivity contribution in [3.63, 3.8) is 0 Å². The van der Waals surface area contributed by atoms with Crippen LogP contribution in [0.2, 0.25) is 0 Å². The lowest BCUT2D eigenvalue weighted by Crippen LogP contribution is -2.64. The molecule has 32 heavy (non-hydrogen) atoms. The number of amides is 3. The highest BCUT2D eigenvalue weighted by Gasteiger charge is 2.46. The summed E-state index contributed by atoms with van der Waals surface area (Å²) >= 11 is 0. The van der Waals surface area contributed by atoms with Crippen LogP contribution in [0.4, 0.5) is 4.39 Å². The summed E-state index contributed by atoms with van der Waals surface area (Å²) in [7, 11) is 0. The van der Waals surface area contributed by atoms with Gasteiger partial charge in [-0.15, -0.1) is 0 Å². The molecule has 3 fully saturated rings. The van der Waals surface area contributed by atoms with Gasteiger partial charge in [-0.25, -0.2) is 4.39 Å². The van der Waals surface area contributed by atoms with E-state index in [-0.39, 0.29) is 29.5 Å². The second-order valence-corrected chi connectivity index (χ2v) is 9.41. The molecule has 0 radical (unpaired) electrons. The molecule has 3 aliphatic rings. The largest absolute Gasteiger partial charge is 0.368 e. The zero-order chi connectivity index (χ0) is 22.7. The number of piperidine rings is 3. The van der Waals surface area contributed by atoms with Crippen LogP contribution < -0.4 is 5.73 Å². The molecule has 3 aliphatic heterocycles. The van der Waals surface area contributed by atoms with E-state index >= 15 is 0 Å². The van der Waals surface area contributed by atoms with Gasteiger partial charge in [0.25, 0.3) is 0 Å². The summed E-state index contributed by atoms with van der Waals surface area (Å²) in [5.74, 6) is -0.846. The maximum Gasteiger partial charge on any atom is 0.238 e. The van der Waals surface area contributed by atoms with Gasteiger partial charge in [0.15, 0.2) is 0 Å². The van der Waals surface area contributed by atoms with E-state index in [4.69, 9.17) is 5.73 Å². The number of nitrogens with two attached hydrogens (primary N) is 1. The predicted molar refractivity (Wildman–Crippen MR) is 118 cm³/mol. The molecule has 1 aromatic carbocycles. The molecule has 0 bridgehead atoms. The van der Waals surface area contributed by atoms with Crippen molar-refractivity contribution in [2.75, 3.05) is 32.7 Å². The molecule has 174 valence electrons. The van der Waals surface area contributed by atoms with Crippen LogP contribution in [0.15, 0.2) is 24.3 Å². The smallest absolute Gasteiger partial charge is 0.238 e. The summed E-state index contributed by atoms with van der Waals surface area (Å²) in [4.78, 5) is 43.9. The standard InChI is InChI=1S/C24H33FN4O3/c25-20-6-4-5-18(15-20)16-28-17-19(7-8-21(28)30)22(31)27-13-9-24(10-14-27,23(26)32)29-11-2-1-3-12-29/h4-6,15,19H,1-3,7-14,16-17H2,(H2,26,32). The molecule has 7 nitrogen and oxygen atoms in total. The quantitative estimate of drug-likeness (QED) is 0.752. The van der Waals surface area contributed by atoms with Crippen LogP contribution in [0.1, 0.15) is 50.5 Å². The topological polar surface area (TPSA) is 87.0 Å². The molecule has 0 saturated carbocycles. The maximum atomic E-state index is 13.5. The monoisotopic (exact) mass is 444 g/mol. The summed E-state index contributed by atoms with van der Waals surface area (Å²) in [5, 5.41) is 0. The van der Waals surface area contributed by atoms with E-state index in [1.54, 1.807) is 17.0 Å². The fourth-order valence-electron chi connectivity index (χ4n) is 5.52. The number of likely N-dealkylation sites (tertiary alicyclic amines) is 3. The fraction of sp³-hybridized carbons (Fsp3) is 0.625. The van der Waals surface area contributed by atoms with Crippen molar-refractivity contribution < 1.29 is 18.8 Å². The predicted octanol–water partition coefficient (Wildman–Crippen LogP) is 1.90. The molecule has 8 heteroatoms. The van der Waals surface area contributed by atoms with Gasteiger partial charge in [-0.2, -0.15) is 0 Å². The van der Waals surface area contributed by atoms with Crippen molar-refractivity contribution in [1.82, 2.24) is 14.7 Å². The number of nitrogens with zero attached hydrogens (tertiary/aromatic N) is 3. The van der Waals surface area contributed by atoms with Gasteiger partial charge in [0.1, 0.15) is 11.4 Å². The third kappa shape index (κ3) is 4.65. The third-order valence-electron chi connectivity index (χ3n) is 7.43. The first-order chi connectivity index (χ1) is 15.4. The molecule has 1 aromatic rings. The Kier molecular flexibility index (Phi) is 6.79. The zero-order valence-electron chi connectivity index (χ0n) is 18.6. The number of carbonyl (C=O) groups is 3. The van der Waals surface area contributed by atoms with Gasteiger partial charge in [0.2, 0.25) is 17.7 Å². The Balaban J connectivity index is 1.38. The molecule has 0 aliphatic carbocycles. The van der Waals surface area contributed by atoms with Gasteiger partial charge in [0, 0.05) is 32.6 Å². The molecule has 3 saturated heterocycles. The Morgan fingerprint density at radius 1 is 1.09 bits per heavy atom. The summed E-state index contributed by atoms with van der Waals surface area (Å²) in [5.41, 5.74) is 5.93. The number of carbonyl (C=O) groups excluding carboxylic acids is 3. The lowest BCUT2D eigenvalue weighted by Gasteiger charge is -2.48. The molecule has 4 rings (SSSR count). The average molecular weight is 445 g/mol. The minimum absolute atomic E-state index is 0.00482. The molecular weight excluding hydrogens is 411 g/mol. The van der Waals surface area contributed by atoms with Crippen molar-refractivity contribution in [3.8, 4) is 0 Å². The van der Waals surface area contributed by atoms with E-state index < -0.39 is 5.54 Å². The average Bonchev–Trinajstić information content (AvgIpc) is 2.80. The van der Waals surface area contributed by atoms with Crippen LogP contribution >= 0.6 is 0 Å². The number of hydrogen-bond acceptors (Lipinski definition) is 4. The Morgan fingerprint density at radius 2 is 1.81 bits per heavy atom. The first-order valence-electron chi connectivity index (χ1n) is 11.7. The number of hydrogen-bond donors (Lipinski definition) is 1. The van der Waals surface area contributed by atoms with Gasteiger partial charge in [0.05, 0.1) is 5.92 Å². The van der Waals surface area contributed by atoms with E-state index in [0.29, 0.717) is 51.9 Å². The Labute approximate surface area is 188 Å². The van der Waals surface area contributed by atoms with Crippen molar-refractivity contribution in [1.29, 1.82) is 0 Å². The van der Waals surface area contributed by atoms with Crippen LogP contribution in [-0.2, 0) is 20.9 Å². The summed E-state index contributed by atoms with van der Waals surface area (Å²) < 4.78 is 13.5. The minimum atomic E-state index is -0.650. The van der Waals surface area contributed by atoms with Crippen molar-refractivity contribution in [2.24, 2.45) is 11.7 Å². The van der Waals surface area contributed by atoms with Gasteiger partial charge < -0.3 is 15.5 Å². The van der Waals surface area contributed by atoms with Crippen molar-refractivity contribution in [3.05, 3.63) is 35.6 Å². The van der Waals surface area contributed by atoms with Gasteiger partial charge in [-0.05, 0) is 62.9 Å². The van der Waals surface area contributed by atoms with E-state index in [1.807, 2.05) is 4.90 Å². The molecular formula is C24H33FN4O3. The number of primary amides is 1. The van der Waals surface area contributed by atoms with Crippen LogP contribution in [-0.4, -0.2) is 70.7 Å². The highest BCUT2D eigenvalue weighted by atomic mass is 19.1. The molecule has 3 heterocycles. The van der Waals surface area contributed by atoms with E-state index in [1.165, 1.54) is 18.6 Å². The minimum Gasteiger partial charge on any atom is -0.368 e. The molecule has 1 atom stereocenters. The molecule has 2 N–H and O–H groups in total. The third-order valence-corrected chi connectivity index (χ3v) is 7.43. The van der Waals surface area contributed by atoms with Gasteiger partial charge in [-0.3, -0.25) is 19.3 Å². The first-order valence-corrected chi connectivity index (χ1v) is 11.7. The van der Waals surface area contributed by atoms with Crippen LogP contribution in [0.5, 0.6) is 0 Å². The Hall–Kier alpha value is -2.48. The van der Waals surface area contributed by atoms with E-state index in [9.17, 15) is 18.8 Å². The SMILES string of the molecule is NC(=O)C1(N2CCCCC2)CCN(C(=O)C2CCC(=O)N(Cc3cccc(F)c3)C2)CC1. The van der Waals surface area contributed by atoms with Gasteiger partial charge >= 0.3 is 0 Å². The second kappa shape index (κ2) is 9.57. The van der Waals surface area contributed by atoms with Crippen LogP contribution in [0.25, 0.3) is 0 Å². The summed E-state index contributed by atoms with van der Waals surface area (Å²) in [6.45, 7) is 3.43. The van der Waals surface area contributed by atoms with Crippen molar-refractivity contribution in [2.45, 2.75) is 57.0 Å². The zero-order valence-corrected chi connectivity index (χ0v) is 18.6. The lowest BCUT2D eigenvalue weighted by atomic mass is 9.82. The normalized spacial score (nSPS) is 24.4. The molecule has 0 spiro atoms. The second-order valence-electron chi connectivity index (χ2n) is 9.41. The van der Waals surface area contributed by atoms with Crippen molar-refractivity contribution >= 4 is 17.7 Å². The molecule has 1 unspecified atom stereocenters. The number of halogens is 1. The van der Waals surface area contributed by atoms with E-state index in [0.717, 1.165) is 31.5 Å². The molecule has 3 amide bonds. The first kappa shape index (κ1) is 22.7. The van der Waals surface area contributed by atoms with E-state index in [2.05, 4.69) is 4.90 Å². The highest BCUT2D eigenvalue weighted by Crippen LogP contribution is 2.33. The highest BCUT2D eigenvalue weighted by molar-refractivity contribution is 5.86.